The van der Waals surface area contributed by atoms with Crippen LogP contribution in [0.15, 0.2) is 35.4 Å². The van der Waals surface area contributed by atoms with Crippen molar-refractivity contribution < 1.29 is 9.53 Å². The molecule has 0 radical (unpaired) electrons. The molecule has 1 aliphatic rings. The van der Waals surface area contributed by atoms with Crippen molar-refractivity contribution >= 4 is 27.5 Å². The Kier molecular flexibility index (Phi) is 6.98. The summed E-state index contributed by atoms with van der Waals surface area (Å²) >= 11 is 1.63. The van der Waals surface area contributed by atoms with Crippen LogP contribution in [0.1, 0.15) is 40.8 Å². The molecule has 4 rings (SSSR count). The van der Waals surface area contributed by atoms with Crippen molar-refractivity contribution in [1.82, 2.24) is 14.5 Å². The monoisotopic (exact) mass is 450 g/mol. The van der Waals surface area contributed by atoms with E-state index >= 15 is 0 Å². The van der Waals surface area contributed by atoms with Gasteiger partial charge in [-0.3, -0.25) is 14.2 Å². The molecule has 3 aromatic rings. The number of benzene rings is 1. The first kappa shape index (κ1) is 22.2. The molecule has 1 aromatic carbocycles. The molecule has 0 aliphatic heterocycles. The third kappa shape index (κ3) is 4.74. The molecule has 0 saturated heterocycles. The Bertz CT molecular complexity index is 1210. The molecular formula is C24H26N4O3S. The quantitative estimate of drug-likeness (QED) is 0.526. The minimum absolute atomic E-state index is 0.0438. The van der Waals surface area contributed by atoms with Crippen molar-refractivity contribution in [2.75, 3.05) is 20.3 Å². The third-order valence-electron chi connectivity index (χ3n) is 5.88. The van der Waals surface area contributed by atoms with Crippen molar-refractivity contribution in [1.29, 1.82) is 5.26 Å². The average Bonchev–Trinajstić information content (AvgIpc) is 3.21. The first-order valence-corrected chi connectivity index (χ1v) is 11.7. The number of nitriles is 1. The number of fused-ring (bicyclic) bond motifs is 3. The Hall–Kier alpha value is -3.02. The van der Waals surface area contributed by atoms with E-state index in [-0.39, 0.29) is 17.9 Å². The van der Waals surface area contributed by atoms with Crippen molar-refractivity contribution in [3.63, 3.8) is 0 Å². The fraction of sp³-hybridized carbons (Fsp3) is 0.417. The number of hydrogen-bond acceptors (Lipinski definition) is 6. The van der Waals surface area contributed by atoms with Crippen LogP contribution in [0.3, 0.4) is 0 Å². The van der Waals surface area contributed by atoms with E-state index in [1.807, 2.05) is 12.1 Å². The topological polar surface area (TPSA) is 88.2 Å². The van der Waals surface area contributed by atoms with Gasteiger partial charge in [-0.25, -0.2) is 4.98 Å². The molecule has 0 bridgehead atoms. The van der Waals surface area contributed by atoms with Gasteiger partial charge >= 0.3 is 0 Å². The number of methoxy groups -OCH3 is 1. The fourth-order valence-electron chi connectivity index (χ4n) is 4.11. The first-order chi connectivity index (χ1) is 15.6. The minimum atomic E-state index is -0.0502. The summed E-state index contributed by atoms with van der Waals surface area (Å²) in [5.74, 6) is -0.0502. The summed E-state index contributed by atoms with van der Waals surface area (Å²) in [4.78, 5) is 34.5. The molecule has 0 atom stereocenters. The smallest absolute Gasteiger partial charge is 0.262 e. The minimum Gasteiger partial charge on any atom is -0.383 e. The number of aryl methyl sites for hydroxylation is 3. The van der Waals surface area contributed by atoms with Gasteiger partial charge in [0.05, 0.1) is 30.0 Å². The van der Waals surface area contributed by atoms with Gasteiger partial charge in [-0.05, 0) is 48.9 Å². The van der Waals surface area contributed by atoms with Gasteiger partial charge in [0, 0.05) is 38.0 Å². The second-order valence-corrected chi connectivity index (χ2v) is 9.08. The van der Waals surface area contributed by atoms with Crippen LogP contribution in [0.5, 0.6) is 0 Å². The van der Waals surface area contributed by atoms with Crippen LogP contribution in [0.25, 0.3) is 10.2 Å². The SMILES string of the molecule is COCCN(Cc1ccc(C#N)cc1)C(=O)CCn1cnc2sc3c(c2c1=O)CCCC3. The number of ether oxygens (including phenoxy) is 1. The second kappa shape index (κ2) is 10.1. The molecule has 0 spiro atoms. The van der Waals surface area contributed by atoms with Gasteiger partial charge in [0.1, 0.15) is 4.83 Å². The van der Waals surface area contributed by atoms with Gasteiger partial charge in [0.2, 0.25) is 5.91 Å². The summed E-state index contributed by atoms with van der Waals surface area (Å²) < 4.78 is 6.74. The summed E-state index contributed by atoms with van der Waals surface area (Å²) in [5.41, 5.74) is 2.65. The summed E-state index contributed by atoms with van der Waals surface area (Å²) in [5, 5.41) is 9.71. The predicted molar refractivity (Wildman–Crippen MR) is 124 cm³/mol. The number of amides is 1. The summed E-state index contributed by atoms with van der Waals surface area (Å²) in [6.07, 6.45) is 6.01. The van der Waals surface area contributed by atoms with Gasteiger partial charge in [-0.15, -0.1) is 11.3 Å². The van der Waals surface area contributed by atoms with Crippen LogP contribution in [-0.4, -0.2) is 40.6 Å². The van der Waals surface area contributed by atoms with Gasteiger partial charge < -0.3 is 9.64 Å². The van der Waals surface area contributed by atoms with Crippen LogP contribution < -0.4 is 5.56 Å². The van der Waals surface area contributed by atoms with E-state index in [2.05, 4.69) is 11.1 Å². The molecule has 8 heteroatoms. The highest BCUT2D eigenvalue weighted by atomic mass is 32.1. The standard InChI is InChI=1S/C24H26N4O3S/c1-31-13-12-27(15-18-8-6-17(14-25)7-9-18)21(29)10-11-28-16-26-23-22(24(28)30)19-4-2-3-5-20(19)32-23/h6-9,16H,2-5,10-13,15H2,1H3. The lowest BCUT2D eigenvalue weighted by Gasteiger charge is -2.23. The van der Waals surface area contributed by atoms with Crippen LogP contribution in [0.4, 0.5) is 0 Å². The molecular weight excluding hydrogens is 424 g/mol. The number of carbonyl (C=O) groups is 1. The molecule has 1 amide bonds. The highest BCUT2D eigenvalue weighted by molar-refractivity contribution is 7.18. The van der Waals surface area contributed by atoms with Crippen molar-refractivity contribution in [2.24, 2.45) is 0 Å². The molecule has 0 N–H and O–H groups in total. The lowest BCUT2D eigenvalue weighted by Crippen LogP contribution is -2.34. The van der Waals surface area contributed by atoms with Crippen LogP contribution in [-0.2, 0) is 35.5 Å². The number of rotatable bonds is 8. The number of aromatic nitrogens is 2. The zero-order valence-corrected chi connectivity index (χ0v) is 19.0. The molecule has 1 aliphatic carbocycles. The molecule has 0 unspecified atom stereocenters. The van der Waals surface area contributed by atoms with E-state index in [1.165, 1.54) is 11.3 Å². The van der Waals surface area contributed by atoms with Crippen molar-refractivity contribution in [3.8, 4) is 6.07 Å². The predicted octanol–water partition coefficient (Wildman–Crippen LogP) is 3.27. The summed E-state index contributed by atoms with van der Waals surface area (Å²) in [7, 11) is 1.60. The maximum Gasteiger partial charge on any atom is 0.262 e. The molecule has 7 nitrogen and oxygen atoms in total. The van der Waals surface area contributed by atoms with Gasteiger partial charge in [-0.2, -0.15) is 5.26 Å². The number of thiophene rings is 1. The maximum absolute atomic E-state index is 13.1. The van der Waals surface area contributed by atoms with Gasteiger partial charge in [0.15, 0.2) is 0 Å². The molecule has 0 saturated carbocycles. The Morgan fingerprint density at radius 3 is 2.81 bits per heavy atom. The molecule has 0 fully saturated rings. The van der Waals surface area contributed by atoms with E-state index in [1.54, 1.807) is 46.4 Å². The van der Waals surface area contributed by atoms with Crippen molar-refractivity contribution in [2.45, 2.75) is 45.2 Å². The van der Waals surface area contributed by atoms with E-state index in [9.17, 15) is 9.59 Å². The fourth-order valence-corrected chi connectivity index (χ4v) is 5.33. The van der Waals surface area contributed by atoms with Crippen LogP contribution in [0.2, 0.25) is 0 Å². The summed E-state index contributed by atoms with van der Waals surface area (Å²) in [6, 6.07) is 9.30. The number of carbonyl (C=O) groups excluding carboxylic acids is 1. The maximum atomic E-state index is 13.1. The lowest BCUT2D eigenvalue weighted by molar-refractivity contribution is -0.132. The molecule has 32 heavy (non-hydrogen) atoms. The molecule has 166 valence electrons. The van der Waals surface area contributed by atoms with Crippen molar-refractivity contribution in [3.05, 3.63) is 62.5 Å². The number of nitrogens with zero attached hydrogens (tertiary/aromatic N) is 4. The van der Waals surface area contributed by atoms with E-state index in [0.29, 0.717) is 31.8 Å². The average molecular weight is 451 g/mol. The van der Waals surface area contributed by atoms with Gasteiger partial charge in [-0.1, -0.05) is 12.1 Å². The van der Waals surface area contributed by atoms with Crippen LogP contribution >= 0.6 is 11.3 Å². The third-order valence-corrected chi connectivity index (χ3v) is 7.08. The zero-order valence-electron chi connectivity index (χ0n) is 18.2. The van der Waals surface area contributed by atoms with E-state index in [0.717, 1.165) is 40.6 Å². The Labute approximate surface area is 190 Å². The second-order valence-electron chi connectivity index (χ2n) is 8.00. The molecule has 2 heterocycles. The van der Waals surface area contributed by atoms with Gasteiger partial charge in [0.25, 0.3) is 5.56 Å². The highest BCUT2D eigenvalue weighted by Gasteiger charge is 2.20. The first-order valence-electron chi connectivity index (χ1n) is 10.9. The normalized spacial score (nSPS) is 13.0. The summed E-state index contributed by atoms with van der Waals surface area (Å²) in [6.45, 7) is 1.61. The largest absolute Gasteiger partial charge is 0.383 e. The Morgan fingerprint density at radius 2 is 2.06 bits per heavy atom. The Balaban J connectivity index is 1.48. The molecule has 2 aromatic heterocycles. The highest BCUT2D eigenvalue weighted by Crippen LogP contribution is 2.33. The van der Waals surface area contributed by atoms with Crippen LogP contribution in [0, 0.1) is 11.3 Å². The van der Waals surface area contributed by atoms with E-state index in [4.69, 9.17) is 10.00 Å². The lowest BCUT2D eigenvalue weighted by atomic mass is 9.97. The zero-order chi connectivity index (χ0) is 22.5. The van der Waals surface area contributed by atoms with E-state index < -0.39 is 0 Å². The number of hydrogen-bond donors (Lipinski definition) is 0. The Morgan fingerprint density at radius 1 is 1.28 bits per heavy atom.